The Morgan fingerprint density at radius 1 is 0.931 bits per heavy atom. The summed E-state index contributed by atoms with van der Waals surface area (Å²) in [6.45, 7) is -0.247. The number of anilines is 1. The van der Waals surface area contributed by atoms with E-state index in [1.165, 1.54) is 6.07 Å². The molecule has 0 fully saturated rings. The van der Waals surface area contributed by atoms with E-state index in [0.717, 1.165) is 21.0 Å². The van der Waals surface area contributed by atoms with E-state index in [9.17, 15) is 9.59 Å². The Bertz CT molecular complexity index is 1280. The Balaban J connectivity index is 1.60. The Labute approximate surface area is 176 Å². The minimum Gasteiger partial charge on any atom is -0.323 e. The van der Waals surface area contributed by atoms with Crippen LogP contribution in [-0.4, -0.2) is 15.7 Å². The molecule has 0 aliphatic carbocycles. The van der Waals surface area contributed by atoms with Crippen LogP contribution in [0.5, 0.6) is 0 Å². The number of benzene rings is 3. The molecule has 7 heteroatoms. The average Bonchev–Trinajstić information content (AvgIpc) is 2.72. The van der Waals surface area contributed by atoms with Gasteiger partial charge in [0.25, 0.3) is 5.56 Å². The van der Waals surface area contributed by atoms with E-state index in [1.807, 2.05) is 42.5 Å². The van der Waals surface area contributed by atoms with Crippen molar-refractivity contribution in [2.24, 2.45) is 0 Å². The van der Waals surface area contributed by atoms with Crippen LogP contribution in [0.25, 0.3) is 22.0 Å². The lowest BCUT2D eigenvalue weighted by molar-refractivity contribution is -0.117. The van der Waals surface area contributed by atoms with Crippen molar-refractivity contribution in [3.8, 4) is 11.3 Å². The highest BCUT2D eigenvalue weighted by atomic mass is 35.5. The number of rotatable bonds is 4. The zero-order valence-corrected chi connectivity index (χ0v) is 16.6. The van der Waals surface area contributed by atoms with Crippen LogP contribution in [0.2, 0.25) is 10.0 Å². The molecule has 4 aromatic rings. The number of nitrogens with one attached hydrogen (secondary N) is 1. The van der Waals surface area contributed by atoms with Gasteiger partial charge in [0.2, 0.25) is 5.91 Å². The van der Waals surface area contributed by atoms with Gasteiger partial charge in [0, 0.05) is 16.7 Å². The van der Waals surface area contributed by atoms with Crippen molar-refractivity contribution in [2.45, 2.75) is 6.54 Å². The number of aromatic nitrogens is 2. The molecule has 0 saturated carbocycles. The minimum absolute atomic E-state index is 0.247. The molecular formula is C22H15Cl2N3O2. The maximum absolute atomic E-state index is 12.4. The van der Waals surface area contributed by atoms with E-state index in [4.69, 9.17) is 23.2 Å². The normalized spacial score (nSPS) is 10.8. The van der Waals surface area contributed by atoms with Gasteiger partial charge in [-0.2, -0.15) is 5.10 Å². The van der Waals surface area contributed by atoms with Crippen LogP contribution in [0.15, 0.2) is 77.6 Å². The van der Waals surface area contributed by atoms with Gasteiger partial charge in [-0.3, -0.25) is 9.59 Å². The second-order valence-electron chi connectivity index (χ2n) is 6.45. The largest absolute Gasteiger partial charge is 0.323 e. The summed E-state index contributed by atoms with van der Waals surface area (Å²) in [4.78, 5) is 24.6. The number of hydrogen-bond acceptors (Lipinski definition) is 3. The highest BCUT2D eigenvalue weighted by Gasteiger charge is 2.11. The van der Waals surface area contributed by atoms with E-state index < -0.39 is 5.91 Å². The highest BCUT2D eigenvalue weighted by Crippen LogP contribution is 2.25. The van der Waals surface area contributed by atoms with Crippen LogP contribution in [0.4, 0.5) is 5.69 Å². The zero-order valence-electron chi connectivity index (χ0n) is 15.1. The molecule has 0 bridgehead atoms. The first-order chi connectivity index (χ1) is 14.0. The third-order valence-corrected chi connectivity index (χ3v) is 4.97. The maximum Gasteiger partial charge on any atom is 0.267 e. The van der Waals surface area contributed by atoms with Crippen LogP contribution < -0.4 is 10.9 Å². The first kappa shape index (κ1) is 19.2. The fourth-order valence-electron chi connectivity index (χ4n) is 2.98. The van der Waals surface area contributed by atoms with Crippen LogP contribution >= 0.6 is 23.2 Å². The van der Waals surface area contributed by atoms with Crippen molar-refractivity contribution in [3.05, 3.63) is 93.2 Å². The van der Waals surface area contributed by atoms with Crippen molar-refractivity contribution in [1.29, 1.82) is 0 Å². The van der Waals surface area contributed by atoms with Gasteiger partial charge in [-0.05, 0) is 41.1 Å². The summed E-state index contributed by atoms with van der Waals surface area (Å²) in [6.07, 6.45) is 0. The molecule has 0 radical (unpaired) electrons. The molecule has 3 aromatic carbocycles. The SMILES string of the molecule is O=C(Cn1nc(-c2ccc3ccccc3c2)ccc1=O)Nc1cc(Cl)ccc1Cl. The molecule has 1 amide bonds. The Hall–Kier alpha value is -3.15. The maximum atomic E-state index is 12.4. The second-order valence-corrected chi connectivity index (χ2v) is 7.29. The smallest absolute Gasteiger partial charge is 0.267 e. The topological polar surface area (TPSA) is 64.0 Å². The lowest BCUT2D eigenvalue weighted by Crippen LogP contribution is -2.29. The lowest BCUT2D eigenvalue weighted by Gasteiger charge is -2.10. The molecule has 1 aromatic heterocycles. The summed E-state index contributed by atoms with van der Waals surface area (Å²) in [5.41, 5.74) is 1.46. The average molecular weight is 424 g/mol. The first-order valence-electron chi connectivity index (χ1n) is 8.82. The molecular weight excluding hydrogens is 409 g/mol. The van der Waals surface area contributed by atoms with Crippen molar-refractivity contribution >= 4 is 45.6 Å². The molecule has 4 rings (SSSR count). The number of nitrogens with zero attached hydrogens (tertiary/aromatic N) is 2. The van der Waals surface area contributed by atoms with E-state index >= 15 is 0 Å². The molecule has 0 atom stereocenters. The molecule has 0 aliphatic heterocycles. The summed E-state index contributed by atoms with van der Waals surface area (Å²) < 4.78 is 1.12. The van der Waals surface area contributed by atoms with E-state index in [-0.39, 0.29) is 12.1 Å². The summed E-state index contributed by atoms with van der Waals surface area (Å²) in [5, 5.41) is 9.99. The number of hydrogen-bond donors (Lipinski definition) is 1. The number of fused-ring (bicyclic) bond motifs is 1. The van der Waals surface area contributed by atoms with Gasteiger partial charge in [0.05, 0.1) is 16.4 Å². The zero-order chi connectivity index (χ0) is 20.4. The van der Waals surface area contributed by atoms with Gasteiger partial charge in [-0.15, -0.1) is 0 Å². The third kappa shape index (κ3) is 4.31. The van der Waals surface area contributed by atoms with Crippen molar-refractivity contribution in [1.82, 2.24) is 9.78 Å². The van der Waals surface area contributed by atoms with E-state index in [0.29, 0.717) is 21.4 Å². The molecule has 144 valence electrons. The molecule has 1 N–H and O–H groups in total. The van der Waals surface area contributed by atoms with Gasteiger partial charge >= 0.3 is 0 Å². The number of amides is 1. The van der Waals surface area contributed by atoms with Gasteiger partial charge in [0.15, 0.2) is 0 Å². The fraction of sp³-hybridized carbons (Fsp3) is 0.0455. The molecule has 5 nitrogen and oxygen atoms in total. The molecule has 29 heavy (non-hydrogen) atoms. The fourth-order valence-corrected chi connectivity index (χ4v) is 3.32. The summed E-state index contributed by atoms with van der Waals surface area (Å²) in [6, 6.07) is 21.7. The molecule has 0 aliphatic rings. The van der Waals surface area contributed by atoms with Crippen LogP contribution in [0, 0.1) is 0 Å². The van der Waals surface area contributed by atoms with Crippen LogP contribution in [-0.2, 0) is 11.3 Å². The molecule has 0 saturated heterocycles. The van der Waals surface area contributed by atoms with Crippen molar-refractivity contribution in [3.63, 3.8) is 0 Å². The Kier molecular flexibility index (Phi) is 5.34. The highest BCUT2D eigenvalue weighted by molar-refractivity contribution is 6.35. The summed E-state index contributed by atoms with van der Waals surface area (Å²) >= 11 is 12.0. The number of halogens is 2. The van der Waals surface area contributed by atoms with Gasteiger partial charge in [0.1, 0.15) is 6.54 Å². The van der Waals surface area contributed by atoms with Crippen molar-refractivity contribution in [2.75, 3.05) is 5.32 Å². The number of carbonyl (C=O) groups is 1. The lowest BCUT2D eigenvalue weighted by atomic mass is 10.1. The molecule has 1 heterocycles. The van der Waals surface area contributed by atoms with Crippen molar-refractivity contribution < 1.29 is 4.79 Å². The Morgan fingerprint density at radius 3 is 2.55 bits per heavy atom. The quantitative estimate of drug-likeness (QED) is 0.501. The van der Waals surface area contributed by atoms with E-state index in [1.54, 1.807) is 24.3 Å². The monoisotopic (exact) mass is 423 g/mol. The number of carbonyl (C=O) groups excluding carboxylic acids is 1. The first-order valence-corrected chi connectivity index (χ1v) is 9.57. The molecule has 0 spiro atoms. The minimum atomic E-state index is -0.431. The van der Waals surface area contributed by atoms with Gasteiger partial charge < -0.3 is 5.32 Å². The second kappa shape index (κ2) is 8.07. The standard InChI is InChI=1S/C22H15Cl2N3O2/c23-17-7-8-18(24)20(12-17)25-21(28)13-27-22(29)10-9-19(26-27)16-6-5-14-3-1-2-4-15(14)11-16/h1-12H,13H2,(H,25,28). The predicted octanol–water partition coefficient (Wildman–Crippen LogP) is 5.01. The summed E-state index contributed by atoms with van der Waals surface area (Å²) in [7, 11) is 0. The van der Waals surface area contributed by atoms with Gasteiger partial charge in [-0.25, -0.2) is 4.68 Å². The van der Waals surface area contributed by atoms with Crippen LogP contribution in [0.3, 0.4) is 0 Å². The van der Waals surface area contributed by atoms with Crippen LogP contribution in [0.1, 0.15) is 0 Å². The van der Waals surface area contributed by atoms with Gasteiger partial charge in [-0.1, -0.05) is 59.6 Å². The summed E-state index contributed by atoms with van der Waals surface area (Å²) in [5.74, 6) is -0.431. The molecule has 0 unspecified atom stereocenters. The van der Waals surface area contributed by atoms with E-state index in [2.05, 4.69) is 10.4 Å². The predicted molar refractivity (Wildman–Crippen MR) is 117 cm³/mol. The third-order valence-electron chi connectivity index (χ3n) is 4.41. The Morgan fingerprint density at radius 2 is 1.72 bits per heavy atom.